The Morgan fingerprint density at radius 3 is 2.43 bits per heavy atom. The van der Waals surface area contributed by atoms with Gasteiger partial charge >= 0.3 is 0 Å². The van der Waals surface area contributed by atoms with Crippen molar-refractivity contribution in [2.45, 2.75) is 48.8 Å². The van der Waals surface area contributed by atoms with Crippen molar-refractivity contribution in [1.82, 2.24) is 4.31 Å². The molecule has 0 N–H and O–H groups in total. The highest BCUT2D eigenvalue weighted by Crippen LogP contribution is 2.50. The first-order valence-electron chi connectivity index (χ1n) is 10.6. The third kappa shape index (κ3) is 3.22. The number of carbonyl (C=O) groups excluding carboxylic acids is 1. The van der Waals surface area contributed by atoms with Gasteiger partial charge in [-0.05, 0) is 61.2 Å². The van der Waals surface area contributed by atoms with E-state index in [4.69, 9.17) is 0 Å². The highest BCUT2D eigenvalue weighted by atomic mass is 79.9. The summed E-state index contributed by atoms with van der Waals surface area (Å²) in [5, 5.41) is 0. The minimum atomic E-state index is -3.52. The first-order valence-corrected chi connectivity index (χ1v) is 12.9. The van der Waals surface area contributed by atoms with Crippen LogP contribution in [0, 0.1) is 0 Å². The Balaban J connectivity index is 1.51. The lowest BCUT2D eigenvalue weighted by molar-refractivity contribution is 0.0982. The Labute approximate surface area is 186 Å². The number of amides is 1. The second-order valence-corrected chi connectivity index (χ2v) is 11.5. The minimum Gasteiger partial charge on any atom is -0.307 e. The summed E-state index contributed by atoms with van der Waals surface area (Å²) in [4.78, 5) is 15.6. The molecule has 2 aromatic rings. The molecular weight excluding hydrogens is 464 g/mol. The van der Waals surface area contributed by atoms with Gasteiger partial charge in [-0.25, -0.2) is 8.42 Å². The lowest BCUT2D eigenvalue weighted by Crippen LogP contribution is -2.42. The number of nitrogens with zero attached hydrogens (tertiary/aromatic N) is 2. The van der Waals surface area contributed by atoms with Crippen LogP contribution < -0.4 is 4.90 Å². The number of hydrogen-bond acceptors (Lipinski definition) is 3. The van der Waals surface area contributed by atoms with Gasteiger partial charge in [0, 0.05) is 40.8 Å². The van der Waals surface area contributed by atoms with Crippen molar-refractivity contribution in [2.24, 2.45) is 0 Å². The van der Waals surface area contributed by atoms with Crippen molar-refractivity contribution < 1.29 is 13.2 Å². The van der Waals surface area contributed by atoms with Crippen LogP contribution >= 0.6 is 15.9 Å². The van der Waals surface area contributed by atoms with Crippen molar-refractivity contribution in [3.63, 3.8) is 0 Å². The van der Waals surface area contributed by atoms with E-state index >= 15 is 0 Å². The molecule has 3 aliphatic rings. The highest BCUT2D eigenvalue weighted by molar-refractivity contribution is 9.10. The van der Waals surface area contributed by atoms with E-state index in [1.165, 1.54) is 29.1 Å². The second kappa shape index (κ2) is 7.46. The van der Waals surface area contributed by atoms with E-state index in [2.05, 4.69) is 22.0 Å². The standard InChI is InChI=1S/C23H25BrN2O3S/c24-18-8-9-21-20(15-18)23(10-2-1-3-11-23)16-26(21)22(27)17-6-4-7-19(14-17)30(28,29)25-12-5-13-25/h4,6-9,14-15H,1-3,5,10-13,16H2. The lowest BCUT2D eigenvalue weighted by Gasteiger charge is -2.34. The molecule has 158 valence electrons. The number of benzene rings is 2. The predicted octanol–water partition coefficient (Wildman–Crippen LogP) is 4.71. The number of fused-ring (bicyclic) bond motifs is 2. The maximum absolute atomic E-state index is 13.6. The van der Waals surface area contributed by atoms with Crippen LogP contribution in [0.3, 0.4) is 0 Å². The van der Waals surface area contributed by atoms with Crippen LogP contribution in [0.4, 0.5) is 5.69 Å². The topological polar surface area (TPSA) is 57.7 Å². The Morgan fingerprint density at radius 1 is 0.967 bits per heavy atom. The first-order chi connectivity index (χ1) is 14.4. The normalized spacial score (nSPS) is 20.8. The Hall–Kier alpha value is -1.70. The minimum absolute atomic E-state index is 0.00828. The van der Waals surface area contributed by atoms with Crippen LogP contribution in [0.1, 0.15) is 54.4 Å². The molecule has 0 atom stereocenters. The van der Waals surface area contributed by atoms with Crippen LogP contribution in [0.25, 0.3) is 0 Å². The molecule has 30 heavy (non-hydrogen) atoms. The van der Waals surface area contributed by atoms with Gasteiger partial charge in [-0.2, -0.15) is 4.31 Å². The van der Waals surface area contributed by atoms with E-state index in [0.717, 1.165) is 29.4 Å². The van der Waals surface area contributed by atoms with Gasteiger partial charge in [-0.3, -0.25) is 4.79 Å². The molecule has 2 heterocycles. The third-order valence-electron chi connectivity index (χ3n) is 6.87. The number of anilines is 1. The Bertz CT molecular complexity index is 1110. The largest absolute Gasteiger partial charge is 0.307 e. The highest BCUT2D eigenvalue weighted by Gasteiger charge is 2.45. The Kier molecular flexibility index (Phi) is 5.03. The van der Waals surface area contributed by atoms with E-state index in [1.54, 1.807) is 24.3 Å². The fourth-order valence-electron chi connectivity index (χ4n) is 5.10. The average molecular weight is 489 g/mol. The van der Waals surface area contributed by atoms with Gasteiger partial charge in [0.25, 0.3) is 5.91 Å². The predicted molar refractivity (Wildman–Crippen MR) is 120 cm³/mol. The zero-order valence-corrected chi connectivity index (χ0v) is 19.2. The molecule has 2 aromatic carbocycles. The number of halogens is 1. The molecule has 0 bridgehead atoms. The van der Waals surface area contributed by atoms with Gasteiger partial charge in [0.1, 0.15) is 0 Å². The summed E-state index contributed by atoms with van der Waals surface area (Å²) < 4.78 is 28.1. The van der Waals surface area contributed by atoms with Crippen LogP contribution in [0.2, 0.25) is 0 Å². The first kappa shape index (κ1) is 20.2. The second-order valence-electron chi connectivity index (χ2n) is 8.68. The van der Waals surface area contributed by atoms with Crippen LogP contribution in [0.15, 0.2) is 51.8 Å². The molecule has 1 saturated carbocycles. The number of rotatable bonds is 3. The molecule has 0 unspecified atom stereocenters. The summed E-state index contributed by atoms with van der Waals surface area (Å²) in [7, 11) is -3.52. The maximum Gasteiger partial charge on any atom is 0.258 e. The van der Waals surface area contributed by atoms with Gasteiger partial charge in [0.15, 0.2) is 0 Å². The molecule has 5 nitrogen and oxygen atoms in total. The summed E-state index contributed by atoms with van der Waals surface area (Å²) in [6.45, 7) is 1.77. The fourth-order valence-corrected chi connectivity index (χ4v) is 7.03. The molecule has 7 heteroatoms. The Morgan fingerprint density at radius 2 is 1.73 bits per heavy atom. The summed E-state index contributed by atoms with van der Waals surface area (Å²) in [5.41, 5.74) is 2.64. The van der Waals surface area contributed by atoms with Crippen molar-refractivity contribution in [3.8, 4) is 0 Å². The summed E-state index contributed by atoms with van der Waals surface area (Å²) in [6, 6.07) is 12.7. The summed E-state index contributed by atoms with van der Waals surface area (Å²) >= 11 is 3.60. The van der Waals surface area contributed by atoms with Gasteiger partial charge in [0.2, 0.25) is 10.0 Å². The van der Waals surface area contributed by atoms with Gasteiger partial charge in [-0.1, -0.05) is 41.3 Å². The van der Waals surface area contributed by atoms with Crippen molar-refractivity contribution in [2.75, 3.05) is 24.5 Å². The molecule has 1 amide bonds. The quantitative estimate of drug-likeness (QED) is 0.628. The molecule has 5 rings (SSSR count). The molecule has 1 saturated heterocycles. The van der Waals surface area contributed by atoms with E-state index in [1.807, 2.05) is 17.0 Å². The number of hydrogen-bond donors (Lipinski definition) is 0. The maximum atomic E-state index is 13.6. The third-order valence-corrected chi connectivity index (χ3v) is 9.26. The lowest BCUT2D eigenvalue weighted by atomic mass is 9.71. The molecule has 0 radical (unpaired) electrons. The van der Waals surface area contributed by atoms with Gasteiger partial charge in [0.05, 0.1) is 4.90 Å². The van der Waals surface area contributed by atoms with Gasteiger partial charge in [-0.15, -0.1) is 0 Å². The molecule has 0 aromatic heterocycles. The summed E-state index contributed by atoms with van der Waals surface area (Å²) in [5.74, 6) is -0.123. The van der Waals surface area contributed by atoms with E-state index in [-0.39, 0.29) is 16.2 Å². The fraction of sp³-hybridized carbons (Fsp3) is 0.435. The van der Waals surface area contributed by atoms with Gasteiger partial charge < -0.3 is 4.90 Å². The number of sulfonamides is 1. The average Bonchev–Trinajstić information content (AvgIpc) is 2.99. The van der Waals surface area contributed by atoms with Crippen molar-refractivity contribution in [3.05, 3.63) is 58.1 Å². The molecule has 2 fully saturated rings. The van der Waals surface area contributed by atoms with Crippen LogP contribution in [-0.4, -0.2) is 38.3 Å². The zero-order valence-electron chi connectivity index (χ0n) is 16.8. The van der Waals surface area contributed by atoms with E-state index in [0.29, 0.717) is 25.2 Å². The molecule has 1 aliphatic carbocycles. The van der Waals surface area contributed by atoms with Crippen molar-refractivity contribution in [1.29, 1.82) is 0 Å². The molecule has 1 spiro atoms. The monoisotopic (exact) mass is 488 g/mol. The SMILES string of the molecule is O=C(c1cccc(S(=O)(=O)N2CCC2)c1)N1CC2(CCCCC2)c2cc(Br)ccc21. The smallest absolute Gasteiger partial charge is 0.258 e. The molecular formula is C23H25BrN2O3S. The van der Waals surface area contributed by atoms with E-state index < -0.39 is 10.0 Å². The van der Waals surface area contributed by atoms with Crippen molar-refractivity contribution >= 4 is 37.5 Å². The van der Waals surface area contributed by atoms with Crippen LogP contribution in [0.5, 0.6) is 0 Å². The zero-order chi connectivity index (χ0) is 20.9. The summed E-state index contributed by atoms with van der Waals surface area (Å²) in [6.07, 6.45) is 6.66. The number of carbonyl (C=O) groups is 1. The van der Waals surface area contributed by atoms with E-state index in [9.17, 15) is 13.2 Å². The van der Waals surface area contributed by atoms with Crippen LogP contribution in [-0.2, 0) is 15.4 Å². The molecule has 2 aliphatic heterocycles.